The van der Waals surface area contributed by atoms with Gasteiger partial charge in [-0.2, -0.15) is 0 Å². The molecule has 0 aromatic carbocycles. The van der Waals surface area contributed by atoms with Gasteiger partial charge in [0.25, 0.3) is 0 Å². The summed E-state index contributed by atoms with van der Waals surface area (Å²) in [4.78, 5) is 10.0. The number of hydrogen-bond donors (Lipinski definition) is 1. The molecule has 0 bridgehead atoms. The lowest BCUT2D eigenvalue weighted by atomic mass is 10.3. The predicted molar refractivity (Wildman–Crippen MR) is 44.6 cm³/mol. The smallest absolute Gasteiger partial charge is 0.329 e. The number of carbonyl (C=O) groups is 1. The van der Waals surface area contributed by atoms with Crippen molar-refractivity contribution in [3.8, 4) is 0 Å². The minimum atomic E-state index is -0.854. The van der Waals surface area contributed by atoms with Gasteiger partial charge in [-0.3, -0.25) is 0 Å². The first-order chi connectivity index (χ1) is 4.16. The van der Waals surface area contributed by atoms with Gasteiger partial charge in [-0.25, -0.2) is 4.79 Å². The number of halogens is 1. The SMILES string of the molecule is CCC/C(I)=C/C(=O)O. The van der Waals surface area contributed by atoms with Crippen molar-refractivity contribution < 1.29 is 9.90 Å². The molecule has 0 rings (SSSR count). The minimum Gasteiger partial charge on any atom is -0.478 e. The molecule has 0 aliphatic heterocycles. The molecule has 0 aromatic heterocycles. The van der Waals surface area contributed by atoms with E-state index in [0.29, 0.717) is 0 Å². The van der Waals surface area contributed by atoms with E-state index in [1.165, 1.54) is 6.08 Å². The molecule has 0 atom stereocenters. The van der Waals surface area contributed by atoms with Crippen LogP contribution in [0.4, 0.5) is 0 Å². The van der Waals surface area contributed by atoms with Gasteiger partial charge in [-0.05, 0) is 32.6 Å². The molecule has 0 saturated carbocycles. The highest BCUT2D eigenvalue weighted by Gasteiger charge is 1.92. The molecular formula is C6H9IO2. The van der Waals surface area contributed by atoms with E-state index in [2.05, 4.69) is 0 Å². The van der Waals surface area contributed by atoms with Crippen LogP contribution < -0.4 is 0 Å². The number of aliphatic carboxylic acids is 1. The van der Waals surface area contributed by atoms with Crippen LogP contribution in [0.15, 0.2) is 9.66 Å². The van der Waals surface area contributed by atoms with Crippen LogP contribution in [0.2, 0.25) is 0 Å². The zero-order valence-electron chi connectivity index (χ0n) is 5.22. The fourth-order valence-electron chi connectivity index (χ4n) is 0.445. The van der Waals surface area contributed by atoms with Gasteiger partial charge >= 0.3 is 5.97 Å². The van der Waals surface area contributed by atoms with Crippen molar-refractivity contribution in [2.45, 2.75) is 19.8 Å². The summed E-state index contributed by atoms with van der Waals surface area (Å²) in [6.07, 6.45) is 3.11. The molecule has 3 heteroatoms. The van der Waals surface area contributed by atoms with Gasteiger partial charge in [0.05, 0.1) is 0 Å². The topological polar surface area (TPSA) is 37.3 Å². The van der Waals surface area contributed by atoms with Gasteiger partial charge in [0.15, 0.2) is 0 Å². The van der Waals surface area contributed by atoms with Gasteiger partial charge in [0.2, 0.25) is 0 Å². The molecule has 1 N–H and O–H groups in total. The zero-order valence-corrected chi connectivity index (χ0v) is 7.38. The molecule has 0 aliphatic rings. The van der Waals surface area contributed by atoms with Crippen LogP contribution in [0.5, 0.6) is 0 Å². The Morgan fingerprint density at radius 2 is 2.33 bits per heavy atom. The maximum absolute atomic E-state index is 10.0. The van der Waals surface area contributed by atoms with Crippen molar-refractivity contribution in [1.82, 2.24) is 0 Å². The summed E-state index contributed by atoms with van der Waals surface area (Å²) in [5.41, 5.74) is 0. The van der Waals surface area contributed by atoms with Crippen LogP contribution in [-0.4, -0.2) is 11.1 Å². The summed E-state index contributed by atoms with van der Waals surface area (Å²) in [7, 11) is 0. The van der Waals surface area contributed by atoms with Crippen molar-refractivity contribution in [2.24, 2.45) is 0 Å². The lowest BCUT2D eigenvalue weighted by molar-refractivity contribution is -0.131. The molecule has 9 heavy (non-hydrogen) atoms. The molecule has 0 amide bonds. The number of hydrogen-bond acceptors (Lipinski definition) is 1. The number of carboxylic acids is 1. The highest BCUT2D eigenvalue weighted by atomic mass is 127. The van der Waals surface area contributed by atoms with Crippen molar-refractivity contribution in [1.29, 1.82) is 0 Å². The largest absolute Gasteiger partial charge is 0.478 e. The number of rotatable bonds is 3. The number of carboxylic acid groups (broad SMARTS) is 1. The van der Waals surface area contributed by atoms with Crippen LogP contribution >= 0.6 is 22.6 Å². The lowest BCUT2D eigenvalue weighted by Crippen LogP contribution is -1.87. The van der Waals surface area contributed by atoms with E-state index in [0.717, 1.165) is 16.4 Å². The Kier molecular flexibility index (Phi) is 4.75. The fraction of sp³-hybridized carbons (Fsp3) is 0.500. The first-order valence-corrected chi connectivity index (χ1v) is 3.83. The Morgan fingerprint density at radius 3 is 2.67 bits per heavy atom. The predicted octanol–water partition coefficient (Wildman–Crippen LogP) is 2.19. The average molecular weight is 240 g/mol. The summed E-state index contributed by atoms with van der Waals surface area (Å²) < 4.78 is 0.905. The highest BCUT2D eigenvalue weighted by molar-refractivity contribution is 14.1. The minimum absolute atomic E-state index is 0.854. The van der Waals surface area contributed by atoms with Crippen LogP contribution in [0.3, 0.4) is 0 Å². The van der Waals surface area contributed by atoms with Crippen molar-refractivity contribution in [3.05, 3.63) is 9.66 Å². The first kappa shape index (κ1) is 8.94. The second-order valence-corrected chi connectivity index (χ2v) is 3.07. The van der Waals surface area contributed by atoms with Gasteiger partial charge in [-0.1, -0.05) is 13.3 Å². The maximum atomic E-state index is 10.0. The van der Waals surface area contributed by atoms with E-state index in [1.807, 2.05) is 29.5 Å². The second-order valence-electron chi connectivity index (χ2n) is 1.68. The fourth-order valence-corrected chi connectivity index (χ4v) is 1.25. The highest BCUT2D eigenvalue weighted by Crippen LogP contribution is 2.12. The van der Waals surface area contributed by atoms with Crippen molar-refractivity contribution in [3.63, 3.8) is 0 Å². The molecule has 0 radical (unpaired) electrons. The Labute approximate surface area is 68.1 Å². The summed E-state index contributed by atoms with van der Waals surface area (Å²) in [5, 5.41) is 8.23. The summed E-state index contributed by atoms with van der Waals surface area (Å²) in [6, 6.07) is 0. The van der Waals surface area contributed by atoms with Gasteiger partial charge in [-0.15, -0.1) is 0 Å². The van der Waals surface area contributed by atoms with E-state index >= 15 is 0 Å². The normalized spacial score (nSPS) is 11.6. The summed E-state index contributed by atoms with van der Waals surface area (Å²) in [5.74, 6) is -0.854. The first-order valence-electron chi connectivity index (χ1n) is 2.75. The maximum Gasteiger partial charge on any atom is 0.329 e. The summed E-state index contributed by atoms with van der Waals surface area (Å²) >= 11 is 2.04. The third-order valence-electron chi connectivity index (χ3n) is 0.769. The second kappa shape index (κ2) is 4.78. The molecule has 0 fully saturated rings. The standard InChI is InChI=1S/C6H9IO2/c1-2-3-5(7)4-6(8)9/h4H,2-3H2,1H3,(H,8,9)/b5-4-. The third-order valence-corrected chi connectivity index (χ3v) is 1.62. The molecule has 0 heterocycles. The third kappa shape index (κ3) is 5.82. The van der Waals surface area contributed by atoms with Crippen LogP contribution in [0, 0.1) is 0 Å². The number of allylic oxidation sites excluding steroid dienone is 1. The Hall–Kier alpha value is -0.0600. The lowest BCUT2D eigenvalue weighted by Gasteiger charge is -1.90. The van der Waals surface area contributed by atoms with Crippen LogP contribution in [0.1, 0.15) is 19.8 Å². The van der Waals surface area contributed by atoms with Gasteiger partial charge < -0.3 is 5.11 Å². The van der Waals surface area contributed by atoms with Gasteiger partial charge in [0, 0.05) is 6.08 Å². The van der Waals surface area contributed by atoms with E-state index in [-0.39, 0.29) is 0 Å². The Bertz CT molecular complexity index is 129. The average Bonchev–Trinajstić information content (AvgIpc) is 1.63. The van der Waals surface area contributed by atoms with E-state index in [4.69, 9.17) is 5.11 Å². The molecule has 0 aliphatic carbocycles. The van der Waals surface area contributed by atoms with E-state index in [1.54, 1.807) is 0 Å². The molecule has 0 aromatic rings. The summed E-state index contributed by atoms with van der Waals surface area (Å²) in [6.45, 7) is 2.02. The van der Waals surface area contributed by atoms with E-state index < -0.39 is 5.97 Å². The zero-order chi connectivity index (χ0) is 7.28. The molecule has 0 saturated heterocycles. The molecular weight excluding hydrogens is 231 g/mol. The molecule has 0 unspecified atom stereocenters. The van der Waals surface area contributed by atoms with Gasteiger partial charge in [0.1, 0.15) is 0 Å². The van der Waals surface area contributed by atoms with E-state index in [9.17, 15) is 4.79 Å². The molecule has 0 spiro atoms. The molecule has 2 nitrogen and oxygen atoms in total. The molecule has 52 valence electrons. The Balaban J connectivity index is 3.69. The van der Waals surface area contributed by atoms with Crippen LogP contribution in [-0.2, 0) is 4.79 Å². The van der Waals surface area contributed by atoms with Crippen molar-refractivity contribution >= 4 is 28.6 Å². The van der Waals surface area contributed by atoms with Crippen molar-refractivity contribution in [2.75, 3.05) is 0 Å². The Morgan fingerprint density at radius 1 is 1.78 bits per heavy atom. The monoisotopic (exact) mass is 240 g/mol. The quantitative estimate of drug-likeness (QED) is 0.606. The van der Waals surface area contributed by atoms with Crippen LogP contribution in [0.25, 0.3) is 0 Å².